The molecular weight excluding hydrogens is 669 g/mol. The number of hydrogen-bond acceptors (Lipinski definition) is 4. The van der Waals surface area contributed by atoms with E-state index in [1.54, 1.807) is 0 Å². The molecule has 0 spiro atoms. The van der Waals surface area contributed by atoms with Crippen molar-refractivity contribution in [3.8, 4) is 0 Å². The van der Waals surface area contributed by atoms with Crippen molar-refractivity contribution in [2.24, 2.45) is 11.8 Å². The summed E-state index contributed by atoms with van der Waals surface area (Å²) in [6, 6.07) is 54.4. The van der Waals surface area contributed by atoms with Crippen LogP contribution in [-0.4, -0.2) is 36.0 Å². The predicted octanol–water partition coefficient (Wildman–Crippen LogP) is 11.9. The van der Waals surface area contributed by atoms with Crippen molar-refractivity contribution in [1.82, 2.24) is 9.80 Å². The van der Waals surface area contributed by atoms with Crippen LogP contribution in [0, 0.1) is 11.8 Å². The number of anilines is 6. The molecule has 0 aliphatic carbocycles. The van der Waals surface area contributed by atoms with Gasteiger partial charge in [-0.25, -0.2) is 0 Å². The highest BCUT2D eigenvalue weighted by Gasteiger charge is 2.39. The van der Waals surface area contributed by atoms with Crippen molar-refractivity contribution in [2.75, 3.05) is 36.0 Å². The Morgan fingerprint density at radius 3 is 1.20 bits per heavy atom. The van der Waals surface area contributed by atoms with Gasteiger partial charge in [-0.05, 0) is 100 Å². The Labute approximate surface area is 327 Å². The summed E-state index contributed by atoms with van der Waals surface area (Å²) in [5.74, 6) is 1.39. The van der Waals surface area contributed by atoms with Gasteiger partial charge in [0.15, 0.2) is 0 Å². The Hall–Kier alpha value is -5.16. The van der Waals surface area contributed by atoms with Gasteiger partial charge in [-0.3, -0.25) is 9.80 Å². The van der Waals surface area contributed by atoms with E-state index in [2.05, 4.69) is 193 Å². The van der Waals surface area contributed by atoms with E-state index in [1.165, 1.54) is 73.9 Å². The fourth-order valence-electron chi connectivity index (χ4n) is 10.7. The molecule has 0 aromatic heterocycles. The summed E-state index contributed by atoms with van der Waals surface area (Å²) in [6.07, 6.45) is 1.35. The van der Waals surface area contributed by atoms with Crippen LogP contribution in [-0.2, 0) is 23.9 Å². The number of piperidine rings is 2. The van der Waals surface area contributed by atoms with E-state index < -0.39 is 0 Å². The minimum absolute atomic E-state index is 0.0695. The molecule has 55 heavy (non-hydrogen) atoms. The maximum Gasteiger partial charge on any atom is 0.0505 e. The van der Waals surface area contributed by atoms with Gasteiger partial charge in [0.25, 0.3) is 0 Å². The number of nitrogens with zero attached hydrogens (tertiary/aromatic N) is 4. The molecular formula is C51H52N4. The first-order chi connectivity index (χ1) is 26.7. The molecule has 6 aromatic carbocycles. The summed E-state index contributed by atoms with van der Waals surface area (Å²) in [6.45, 7) is 16.2. The van der Waals surface area contributed by atoms with Gasteiger partial charge >= 0.3 is 0 Å². The molecule has 0 amide bonds. The second kappa shape index (κ2) is 13.3. The average Bonchev–Trinajstić information content (AvgIpc) is 3.18. The molecule has 4 aliphatic rings. The van der Waals surface area contributed by atoms with Gasteiger partial charge in [-0.15, -0.1) is 0 Å². The molecule has 4 aliphatic heterocycles. The molecule has 0 atom stereocenters. The number of benzene rings is 6. The fraction of sp³-hybridized carbons (Fsp3) is 0.294. The van der Waals surface area contributed by atoms with Crippen molar-refractivity contribution in [3.63, 3.8) is 0 Å². The first kappa shape index (κ1) is 34.3. The maximum atomic E-state index is 2.75. The van der Waals surface area contributed by atoms with Gasteiger partial charge in [0.1, 0.15) is 0 Å². The standard InChI is InChI=1S/C51H52N4/c1-50(2)42-19-11-13-21-46(42)54(40-15-7-5-8-16-40)48-28-36(23-25-44(48)50)30-52-32-38-27-39(33-52)35-53(34-38)31-37-24-26-45-49(29-37)55(41-17-9-6-10-18-41)47-22-14-12-20-43(47)51(45,3)4/h5-26,28-29,38-39H,27,30-35H2,1-4H3. The van der Waals surface area contributed by atoms with Gasteiger partial charge in [-0.2, -0.15) is 0 Å². The second-order valence-corrected chi connectivity index (χ2v) is 17.7. The van der Waals surface area contributed by atoms with Gasteiger partial charge in [0, 0.05) is 61.5 Å². The minimum Gasteiger partial charge on any atom is -0.310 e. The summed E-state index contributed by atoms with van der Waals surface area (Å²) < 4.78 is 0. The maximum absolute atomic E-state index is 2.75. The van der Waals surface area contributed by atoms with E-state index >= 15 is 0 Å². The summed E-state index contributed by atoms with van der Waals surface area (Å²) in [4.78, 5) is 10.5. The van der Waals surface area contributed by atoms with Crippen molar-refractivity contribution in [2.45, 2.75) is 58.0 Å². The van der Waals surface area contributed by atoms with Crippen LogP contribution in [0.25, 0.3) is 0 Å². The van der Waals surface area contributed by atoms with Crippen molar-refractivity contribution < 1.29 is 0 Å². The number of rotatable bonds is 6. The minimum atomic E-state index is -0.0695. The largest absolute Gasteiger partial charge is 0.310 e. The summed E-state index contributed by atoms with van der Waals surface area (Å²) in [7, 11) is 0. The molecule has 0 N–H and O–H groups in total. The first-order valence-corrected chi connectivity index (χ1v) is 20.3. The van der Waals surface area contributed by atoms with Gasteiger partial charge in [-0.1, -0.05) is 125 Å². The van der Waals surface area contributed by atoms with Crippen LogP contribution in [0.15, 0.2) is 146 Å². The molecule has 276 valence electrons. The van der Waals surface area contributed by atoms with Crippen molar-refractivity contribution in [1.29, 1.82) is 0 Å². The number of fused-ring (bicyclic) bond motifs is 6. The Morgan fingerprint density at radius 1 is 0.418 bits per heavy atom. The fourth-order valence-corrected chi connectivity index (χ4v) is 10.7. The van der Waals surface area contributed by atoms with E-state index in [0.29, 0.717) is 11.8 Å². The lowest BCUT2D eigenvalue weighted by Crippen LogP contribution is -2.52. The zero-order chi connectivity index (χ0) is 37.3. The number of likely N-dealkylation sites (tertiary alicyclic amines) is 2. The molecule has 0 unspecified atom stereocenters. The molecule has 2 bridgehead atoms. The van der Waals surface area contributed by atoms with Crippen molar-refractivity contribution >= 4 is 34.1 Å². The molecule has 4 nitrogen and oxygen atoms in total. The highest BCUT2D eigenvalue weighted by atomic mass is 15.2. The van der Waals surface area contributed by atoms with E-state index in [1.807, 2.05) is 0 Å². The molecule has 2 fully saturated rings. The topological polar surface area (TPSA) is 13.0 Å². The Kier molecular flexibility index (Phi) is 8.27. The molecule has 0 saturated carbocycles. The summed E-state index contributed by atoms with van der Waals surface area (Å²) in [5.41, 5.74) is 15.9. The highest BCUT2D eigenvalue weighted by molar-refractivity contribution is 5.87. The number of hydrogen-bond donors (Lipinski definition) is 0. The molecule has 4 heterocycles. The van der Waals surface area contributed by atoms with Gasteiger partial charge in [0.2, 0.25) is 0 Å². The zero-order valence-corrected chi connectivity index (χ0v) is 32.7. The monoisotopic (exact) mass is 720 g/mol. The molecule has 10 rings (SSSR count). The van der Waals surface area contributed by atoms with E-state index in [-0.39, 0.29) is 10.8 Å². The Bertz CT molecular complexity index is 2180. The summed E-state index contributed by atoms with van der Waals surface area (Å²) >= 11 is 0. The molecule has 4 heteroatoms. The van der Waals surface area contributed by atoms with Crippen LogP contribution in [0.4, 0.5) is 34.1 Å². The van der Waals surface area contributed by atoms with Crippen LogP contribution in [0.3, 0.4) is 0 Å². The van der Waals surface area contributed by atoms with Crippen LogP contribution in [0.1, 0.15) is 67.5 Å². The molecule has 2 saturated heterocycles. The van der Waals surface area contributed by atoms with Crippen LogP contribution < -0.4 is 9.80 Å². The lowest BCUT2D eigenvalue weighted by molar-refractivity contribution is 0.0242. The Balaban J connectivity index is 0.877. The summed E-state index contributed by atoms with van der Waals surface area (Å²) in [5, 5.41) is 0. The van der Waals surface area contributed by atoms with E-state index in [0.717, 1.165) is 39.3 Å². The predicted molar refractivity (Wildman–Crippen MR) is 229 cm³/mol. The Morgan fingerprint density at radius 2 is 0.782 bits per heavy atom. The number of para-hydroxylation sites is 4. The zero-order valence-electron chi connectivity index (χ0n) is 32.7. The van der Waals surface area contributed by atoms with Crippen LogP contribution in [0.5, 0.6) is 0 Å². The third-order valence-electron chi connectivity index (χ3n) is 13.2. The normalized spacial score (nSPS) is 20.9. The third-order valence-corrected chi connectivity index (χ3v) is 13.2. The second-order valence-electron chi connectivity index (χ2n) is 17.7. The smallest absolute Gasteiger partial charge is 0.0505 e. The van der Waals surface area contributed by atoms with Gasteiger partial charge in [0.05, 0.1) is 22.7 Å². The van der Waals surface area contributed by atoms with Crippen LogP contribution in [0.2, 0.25) is 0 Å². The molecule has 6 aromatic rings. The lowest BCUT2D eigenvalue weighted by Gasteiger charge is -2.46. The first-order valence-electron chi connectivity index (χ1n) is 20.3. The van der Waals surface area contributed by atoms with Gasteiger partial charge < -0.3 is 9.80 Å². The average molecular weight is 721 g/mol. The van der Waals surface area contributed by atoms with Crippen molar-refractivity contribution in [3.05, 3.63) is 179 Å². The highest BCUT2D eigenvalue weighted by Crippen LogP contribution is 2.53. The van der Waals surface area contributed by atoms with E-state index in [4.69, 9.17) is 0 Å². The molecule has 0 radical (unpaired) electrons. The third kappa shape index (κ3) is 5.89. The quantitative estimate of drug-likeness (QED) is 0.170. The van der Waals surface area contributed by atoms with Crippen LogP contribution >= 0.6 is 0 Å². The lowest BCUT2D eigenvalue weighted by atomic mass is 9.73. The SMILES string of the molecule is CC1(C)c2ccccc2N(c2ccccc2)c2cc(CN3CC4CC(C3)CN(Cc3ccc5c(c3)N(c3ccccc3)c3ccccc3C5(C)C)C4)ccc21. The van der Waals surface area contributed by atoms with E-state index in [9.17, 15) is 0 Å².